The smallest absolute Gasteiger partial charge is 0.206 e. The lowest BCUT2D eigenvalue weighted by Crippen LogP contribution is -2.02. The molecule has 0 atom stereocenters. The maximum Gasteiger partial charge on any atom is 0.206 e. The number of phenolic OH excluding ortho intramolecular Hbond substituents is 1. The minimum Gasteiger partial charge on any atom is -0.508 e. The number of rotatable bonds is 5. The summed E-state index contributed by atoms with van der Waals surface area (Å²) in [5, 5.41) is 9.19. The standard InChI is InChI=1S/C15H14O4S/c1-2-11-19-13-5-9-15(10-6-13)20(17,18)14-7-3-12(16)4-8-14/h2-10,16H,1,11H2. The predicted octanol–water partition coefficient (Wildman–Crippen LogP) is 2.79. The molecule has 2 aromatic rings. The maximum absolute atomic E-state index is 12.3. The van der Waals surface area contributed by atoms with Crippen LogP contribution in [0.2, 0.25) is 0 Å². The van der Waals surface area contributed by atoms with E-state index in [1.165, 1.54) is 36.4 Å². The lowest BCUT2D eigenvalue weighted by atomic mass is 10.3. The van der Waals surface area contributed by atoms with Crippen LogP contribution in [0.5, 0.6) is 11.5 Å². The van der Waals surface area contributed by atoms with Crippen LogP contribution in [0.3, 0.4) is 0 Å². The van der Waals surface area contributed by atoms with Crippen molar-refractivity contribution < 1.29 is 18.3 Å². The molecule has 104 valence electrons. The summed E-state index contributed by atoms with van der Waals surface area (Å²) >= 11 is 0. The number of ether oxygens (including phenoxy) is 1. The molecule has 20 heavy (non-hydrogen) atoms. The van der Waals surface area contributed by atoms with Gasteiger partial charge in [-0.1, -0.05) is 12.7 Å². The average molecular weight is 290 g/mol. The molecular formula is C15H14O4S. The van der Waals surface area contributed by atoms with Crippen molar-refractivity contribution in [2.75, 3.05) is 6.61 Å². The first-order valence-electron chi connectivity index (χ1n) is 5.92. The summed E-state index contributed by atoms with van der Waals surface area (Å²) in [5.41, 5.74) is 0. The van der Waals surface area contributed by atoms with Crippen molar-refractivity contribution in [1.29, 1.82) is 0 Å². The fraction of sp³-hybridized carbons (Fsp3) is 0.0667. The summed E-state index contributed by atoms with van der Waals surface area (Å²) in [6.07, 6.45) is 1.61. The second kappa shape index (κ2) is 5.79. The van der Waals surface area contributed by atoms with E-state index in [-0.39, 0.29) is 15.5 Å². The van der Waals surface area contributed by atoms with Gasteiger partial charge in [0.25, 0.3) is 0 Å². The van der Waals surface area contributed by atoms with Gasteiger partial charge in [-0.3, -0.25) is 0 Å². The molecule has 0 spiro atoms. The highest BCUT2D eigenvalue weighted by Gasteiger charge is 2.17. The molecule has 0 unspecified atom stereocenters. The predicted molar refractivity (Wildman–Crippen MR) is 75.7 cm³/mol. The molecule has 4 nitrogen and oxygen atoms in total. The van der Waals surface area contributed by atoms with Gasteiger partial charge in [-0.25, -0.2) is 8.42 Å². The zero-order valence-electron chi connectivity index (χ0n) is 10.7. The van der Waals surface area contributed by atoms with E-state index in [0.29, 0.717) is 12.4 Å². The summed E-state index contributed by atoms with van der Waals surface area (Å²) in [6.45, 7) is 3.90. The summed E-state index contributed by atoms with van der Waals surface area (Å²) in [6, 6.07) is 11.6. The number of benzene rings is 2. The van der Waals surface area contributed by atoms with Crippen LogP contribution in [-0.4, -0.2) is 20.1 Å². The van der Waals surface area contributed by atoms with Crippen LogP contribution >= 0.6 is 0 Å². The number of phenols is 1. The maximum atomic E-state index is 12.3. The molecule has 0 saturated carbocycles. The summed E-state index contributed by atoms with van der Waals surface area (Å²) in [4.78, 5) is 0.309. The van der Waals surface area contributed by atoms with Crippen LogP contribution in [0.1, 0.15) is 0 Å². The number of sulfone groups is 1. The molecule has 0 fully saturated rings. The van der Waals surface area contributed by atoms with Crippen LogP contribution < -0.4 is 4.74 Å². The first-order chi connectivity index (χ1) is 9.54. The molecule has 2 aromatic carbocycles. The largest absolute Gasteiger partial charge is 0.508 e. The fourth-order valence-electron chi connectivity index (χ4n) is 1.63. The van der Waals surface area contributed by atoms with Gasteiger partial charge >= 0.3 is 0 Å². The van der Waals surface area contributed by atoms with Crippen molar-refractivity contribution in [2.45, 2.75) is 9.79 Å². The van der Waals surface area contributed by atoms with Gasteiger partial charge in [-0.2, -0.15) is 0 Å². The van der Waals surface area contributed by atoms with Crippen molar-refractivity contribution in [1.82, 2.24) is 0 Å². The van der Waals surface area contributed by atoms with Crippen molar-refractivity contribution in [3.8, 4) is 11.5 Å². The van der Waals surface area contributed by atoms with Crippen LogP contribution in [-0.2, 0) is 9.84 Å². The zero-order valence-corrected chi connectivity index (χ0v) is 11.5. The lowest BCUT2D eigenvalue weighted by Gasteiger charge is -2.07. The third kappa shape index (κ3) is 3.00. The summed E-state index contributed by atoms with van der Waals surface area (Å²) in [7, 11) is -3.58. The normalized spacial score (nSPS) is 11.0. The number of hydrogen-bond acceptors (Lipinski definition) is 4. The second-order valence-corrected chi connectivity index (χ2v) is 6.02. The van der Waals surface area contributed by atoms with Crippen molar-refractivity contribution >= 4 is 9.84 Å². The Morgan fingerprint density at radius 1 is 1.00 bits per heavy atom. The third-order valence-electron chi connectivity index (χ3n) is 2.65. The average Bonchev–Trinajstić information content (AvgIpc) is 2.46. The van der Waals surface area contributed by atoms with Gasteiger partial charge in [0.15, 0.2) is 0 Å². The van der Waals surface area contributed by atoms with Gasteiger partial charge in [0, 0.05) is 0 Å². The third-order valence-corrected chi connectivity index (χ3v) is 4.43. The van der Waals surface area contributed by atoms with E-state index in [1.54, 1.807) is 18.2 Å². The highest BCUT2D eigenvalue weighted by molar-refractivity contribution is 7.91. The summed E-state index contributed by atoms with van der Waals surface area (Å²) in [5.74, 6) is 0.603. The quantitative estimate of drug-likeness (QED) is 0.860. The van der Waals surface area contributed by atoms with E-state index in [4.69, 9.17) is 4.74 Å². The first-order valence-corrected chi connectivity index (χ1v) is 7.40. The van der Waals surface area contributed by atoms with Gasteiger partial charge in [0.1, 0.15) is 18.1 Å². The molecule has 0 heterocycles. The number of hydrogen-bond donors (Lipinski definition) is 1. The highest BCUT2D eigenvalue weighted by atomic mass is 32.2. The molecule has 0 aromatic heterocycles. The van der Waals surface area contributed by atoms with Crippen LogP contribution in [0.4, 0.5) is 0 Å². The molecule has 0 aliphatic carbocycles. The molecule has 0 bridgehead atoms. The van der Waals surface area contributed by atoms with E-state index in [2.05, 4.69) is 6.58 Å². The molecule has 1 N–H and O–H groups in total. The van der Waals surface area contributed by atoms with E-state index < -0.39 is 9.84 Å². The SMILES string of the molecule is C=CCOc1ccc(S(=O)(=O)c2ccc(O)cc2)cc1. The zero-order chi connectivity index (χ0) is 14.6. The van der Waals surface area contributed by atoms with Crippen LogP contribution in [0.25, 0.3) is 0 Å². The van der Waals surface area contributed by atoms with Gasteiger partial charge in [-0.05, 0) is 48.5 Å². The van der Waals surface area contributed by atoms with E-state index >= 15 is 0 Å². The molecule has 0 aliphatic heterocycles. The Morgan fingerprint density at radius 3 is 2.00 bits per heavy atom. The molecule has 0 amide bonds. The molecular weight excluding hydrogens is 276 g/mol. The van der Waals surface area contributed by atoms with E-state index in [0.717, 1.165) is 0 Å². The van der Waals surface area contributed by atoms with E-state index in [9.17, 15) is 13.5 Å². The Morgan fingerprint density at radius 2 is 1.50 bits per heavy atom. The van der Waals surface area contributed by atoms with Crippen molar-refractivity contribution in [3.05, 3.63) is 61.2 Å². The van der Waals surface area contributed by atoms with Crippen molar-refractivity contribution in [2.24, 2.45) is 0 Å². The van der Waals surface area contributed by atoms with Gasteiger partial charge in [-0.15, -0.1) is 0 Å². The van der Waals surface area contributed by atoms with Gasteiger partial charge in [0.05, 0.1) is 9.79 Å². The van der Waals surface area contributed by atoms with E-state index in [1.807, 2.05) is 0 Å². The molecule has 0 saturated heterocycles. The monoisotopic (exact) mass is 290 g/mol. The Hall–Kier alpha value is -2.27. The minimum absolute atomic E-state index is 0.0251. The molecule has 0 aliphatic rings. The van der Waals surface area contributed by atoms with Crippen LogP contribution in [0.15, 0.2) is 71.0 Å². The van der Waals surface area contributed by atoms with Gasteiger partial charge in [0.2, 0.25) is 9.84 Å². The Balaban J connectivity index is 2.30. The molecule has 0 radical (unpaired) electrons. The molecule has 5 heteroatoms. The van der Waals surface area contributed by atoms with Crippen molar-refractivity contribution in [3.63, 3.8) is 0 Å². The van der Waals surface area contributed by atoms with Gasteiger partial charge < -0.3 is 9.84 Å². The Kier molecular flexibility index (Phi) is 4.10. The Labute approximate surface area is 117 Å². The topological polar surface area (TPSA) is 63.6 Å². The minimum atomic E-state index is -3.58. The second-order valence-electron chi connectivity index (χ2n) is 4.07. The lowest BCUT2D eigenvalue weighted by molar-refractivity contribution is 0.363. The van der Waals surface area contributed by atoms with Crippen LogP contribution in [0, 0.1) is 0 Å². The first kappa shape index (κ1) is 14.1. The Bertz CT molecular complexity index is 686. The fourth-order valence-corrected chi connectivity index (χ4v) is 2.89. The number of aromatic hydroxyl groups is 1. The highest BCUT2D eigenvalue weighted by Crippen LogP contribution is 2.24. The molecule has 2 rings (SSSR count). The summed E-state index contributed by atoms with van der Waals surface area (Å²) < 4.78 is 30.0.